The molecule has 2 aromatic rings. The van der Waals surface area contributed by atoms with Crippen molar-refractivity contribution in [3.8, 4) is 0 Å². The predicted octanol–water partition coefficient (Wildman–Crippen LogP) is 4.58. The zero-order valence-corrected chi connectivity index (χ0v) is 14.7. The summed E-state index contributed by atoms with van der Waals surface area (Å²) in [4.78, 5) is 28.5. The highest BCUT2D eigenvalue weighted by molar-refractivity contribution is 7.99. The van der Waals surface area contributed by atoms with Crippen LogP contribution in [0.25, 0.3) is 0 Å². The SMILES string of the molecule is O=C1C2CSC(c3ccccc3)N2C(=O)N1c1ccc(Cl)c(Cl)c1. The number of hydrogen-bond donors (Lipinski definition) is 0. The highest BCUT2D eigenvalue weighted by atomic mass is 35.5. The molecule has 0 spiro atoms. The molecule has 2 aliphatic rings. The quantitative estimate of drug-likeness (QED) is 0.718. The van der Waals surface area contributed by atoms with Gasteiger partial charge in [-0.1, -0.05) is 53.5 Å². The number of rotatable bonds is 2. The number of carbonyl (C=O) groups is 2. The number of amides is 3. The van der Waals surface area contributed by atoms with E-state index in [2.05, 4.69) is 0 Å². The molecule has 24 heavy (non-hydrogen) atoms. The molecule has 0 radical (unpaired) electrons. The standard InChI is InChI=1S/C17H12Cl2N2O2S/c18-12-7-6-11(8-13(12)19)20-15(22)14-9-24-16(21(14)17(20)23)10-4-2-1-3-5-10/h1-8,14,16H,9H2. The van der Waals surface area contributed by atoms with Gasteiger partial charge >= 0.3 is 6.03 Å². The van der Waals surface area contributed by atoms with E-state index >= 15 is 0 Å². The lowest BCUT2D eigenvalue weighted by Gasteiger charge is -2.23. The van der Waals surface area contributed by atoms with Crippen molar-refractivity contribution < 1.29 is 9.59 Å². The van der Waals surface area contributed by atoms with Gasteiger partial charge in [-0.25, -0.2) is 9.69 Å². The maximum atomic E-state index is 12.9. The highest BCUT2D eigenvalue weighted by Crippen LogP contribution is 2.46. The maximum absolute atomic E-state index is 12.9. The van der Waals surface area contributed by atoms with Crippen molar-refractivity contribution >= 4 is 52.6 Å². The fourth-order valence-corrected chi connectivity index (χ4v) is 4.73. The molecule has 2 atom stereocenters. The third kappa shape index (κ3) is 2.39. The molecule has 122 valence electrons. The van der Waals surface area contributed by atoms with Crippen LogP contribution in [-0.2, 0) is 4.79 Å². The van der Waals surface area contributed by atoms with Crippen LogP contribution >= 0.6 is 35.0 Å². The Hall–Kier alpha value is -1.69. The molecule has 0 N–H and O–H groups in total. The van der Waals surface area contributed by atoms with E-state index in [0.29, 0.717) is 21.5 Å². The van der Waals surface area contributed by atoms with E-state index in [1.807, 2.05) is 30.3 Å². The molecule has 0 saturated carbocycles. The van der Waals surface area contributed by atoms with Crippen LogP contribution < -0.4 is 4.90 Å². The van der Waals surface area contributed by atoms with Crippen molar-refractivity contribution in [2.45, 2.75) is 11.4 Å². The summed E-state index contributed by atoms with van der Waals surface area (Å²) in [6, 6.07) is 13.8. The summed E-state index contributed by atoms with van der Waals surface area (Å²) in [7, 11) is 0. The Kier molecular flexibility index (Phi) is 3.95. The summed E-state index contributed by atoms with van der Waals surface area (Å²) in [5.74, 6) is 0.367. The normalized spacial score (nSPS) is 23.1. The Balaban J connectivity index is 1.70. The van der Waals surface area contributed by atoms with E-state index in [1.165, 1.54) is 4.90 Å². The molecular weight excluding hydrogens is 367 g/mol. The number of urea groups is 1. The minimum Gasteiger partial charge on any atom is -0.295 e. The van der Waals surface area contributed by atoms with Gasteiger partial charge in [-0.2, -0.15) is 0 Å². The summed E-state index contributed by atoms with van der Waals surface area (Å²) < 4.78 is 0. The zero-order chi connectivity index (χ0) is 16.8. The van der Waals surface area contributed by atoms with Gasteiger partial charge in [0.15, 0.2) is 0 Å². The van der Waals surface area contributed by atoms with Crippen molar-refractivity contribution in [3.05, 3.63) is 64.1 Å². The van der Waals surface area contributed by atoms with Gasteiger partial charge in [0.05, 0.1) is 15.7 Å². The van der Waals surface area contributed by atoms with Crippen LogP contribution in [0.15, 0.2) is 48.5 Å². The fraction of sp³-hybridized carbons (Fsp3) is 0.176. The fourth-order valence-electron chi connectivity index (χ4n) is 3.03. The first-order valence-electron chi connectivity index (χ1n) is 7.36. The monoisotopic (exact) mass is 378 g/mol. The van der Waals surface area contributed by atoms with Crippen LogP contribution in [0, 0.1) is 0 Å². The number of anilines is 1. The highest BCUT2D eigenvalue weighted by Gasteiger charge is 2.53. The van der Waals surface area contributed by atoms with Crippen LogP contribution in [0.1, 0.15) is 10.9 Å². The number of imide groups is 1. The first-order valence-corrected chi connectivity index (χ1v) is 9.16. The van der Waals surface area contributed by atoms with Gasteiger partial charge in [0.25, 0.3) is 5.91 Å². The molecule has 3 amide bonds. The van der Waals surface area contributed by atoms with Gasteiger partial charge < -0.3 is 0 Å². The van der Waals surface area contributed by atoms with Crippen molar-refractivity contribution in [3.63, 3.8) is 0 Å². The number of halogens is 2. The third-order valence-electron chi connectivity index (χ3n) is 4.16. The van der Waals surface area contributed by atoms with Gasteiger partial charge in [-0.3, -0.25) is 9.69 Å². The summed E-state index contributed by atoms with van der Waals surface area (Å²) in [6.07, 6.45) is 0. The molecule has 2 heterocycles. The molecule has 2 fully saturated rings. The second-order valence-electron chi connectivity index (χ2n) is 5.57. The van der Waals surface area contributed by atoms with Crippen LogP contribution in [0.5, 0.6) is 0 Å². The number of nitrogens with zero attached hydrogens (tertiary/aromatic N) is 2. The molecule has 2 aliphatic heterocycles. The Morgan fingerprint density at radius 2 is 1.75 bits per heavy atom. The zero-order valence-electron chi connectivity index (χ0n) is 12.4. The Morgan fingerprint density at radius 1 is 1.00 bits per heavy atom. The average molecular weight is 379 g/mol. The third-order valence-corrected chi connectivity index (χ3v) is 6.23. The van der Waals surface area contributed by atoms with Crippen molar-refractivity contribution in [1.29, 1.82) is 0 Å². The molecular formula is C17H12Cl2N2O2S. The van der Waals surface area contributed by atoms with Crippen LogP contribution in [0.4, 0.5) is 10.5 Å². The summed E-state index contributed by atoms with van der Waals surface area (Å²) >= 11 is 13.6. The molecule has 0 aromatic heterocycles. The minimum atomic E-state index is -0.442. The lowest BCUT2D eigenvalue weighted by Crippen LogP contribution is -2.33. The Bertz CT molecular complexity index is 831. The Morgan fingerprint density at radius 3 is 2.46 bits per heavy atom. The van der Waals surface area contributed by atoms with Gasteiger partial charge in [0.2, 0.25) is 0 Å². The number of carbonyl (C=O) groups excluding carboxylic acids is 2. The molecule has 2 unspecified atom stereocenters. The smallest absolute Gasteiger partial charge is 0.295 e. The molecule has 2 saturated heterocycles. The number of fused-ring (bicyclic) bond motifs is 1. The van der Waals surface area contributed by atoms with E-state index in [-0.39, 0.29) is 17.3 Å². The van der Waals surface area contributed by atoms with E-state index in [1.54, 1.807) is 34.9 Å². The van der Waals surface area contributed by atoms with E-state index in [9.17, 15) is 9.59 Å². The van der Waals surface area contributed by atoms with Gasteiger partial charge in [0.1, 0.15) is 11.4 Å². The van der Waals surface area contributed by atoms with Crippen LogP contribution in [-0.4, -0.2) is 28.6 Å². The van der Waals surface area contributed by atoms with Crippen molar-refractivity contribution in [2.75, 3.05) is 10.7 Å². The lowest BCUT2D eigenvalue weighted by atomic mass is 10.2. The molecule has 0 bridgehead atoms. The molecule has 2 aromatic carbocycles. The van der Waals surface area contributed by atoms with Crippen molar-refractivity contribution in [1.82, 2.24) is 4.90 Å². The number of benzene rings is 2. The van der Waals surface area contributed by atoms with Gasteiger partial charge in [0, 0.05) is 5.75 Å². The first kappa shape index (κ1) is 15.8. The molecule has 4 rings (SSSR count). The number of thioether (sulfide) groups is 1. The molecule has 4 nitrogen and oxygen atoms in total. The second-order valence-corrected chi connectivity index (χ2v) is 7.50. The minimum absolute atomic E-state index is 0.152. The van der Waals surface area contributed by atoms with Gasteiger partial charge in [-0.15, -0.1) is 11.8 Å². The largest absolute Gasteiger partial charge is 0.333 e. The van der Waals surface area contributed by atoms with E-state index in [0.717, 1.165) is 5.56 Å². The van der Waals surface area contributed by atoms with Crippen LogP contribution in [0.3, 0.4) is 0 Å². The number of hydrogen-bond acceptors (Lipinski definition) is 3. The molecule has 0 aliphatic carbocycles. The molecule has 7 heteroatoms. The first-order chi connectivity index (χ1) is 11.6. The maximum Gasteiger partial charge on any atom is 0.333 e. The average Bonchev–Trinajstić information content (AvgIpc) is 3.12. The van der Waals surface area contributed by atoms with E-state index in [4.69, 9.17) is 23.2 Å². The lowest BCUT2D eigenvalue weighted by molar-refractivity contribution is -0.119. The van der Waals surface area contributed by atoms with E-state index < -0.39 is 6.04 Å². The predicted molar refractivity (Wildman–Crippen MR) is 96.6 cm³/mol. The Labute approximate surface area is 153 Å². The van der Waals surface area contributed by atoms with Gasteiger partial charge in [-0.05, 0) is 23.8 Å². The summed E-state index contributed by atoms with van der Waals surface area (Å²) in [5.41, 5.74) is 1.47. The summed E-state index contributed by atoms with van der Waals surface area (Å²) in [6.45, 7) is 0. The van der Waals surface area contributed by atoms with Crippen molar-refractivity contribution in [2.24, 2.45) is 0 Å². The summed E-state index contributed by atoms with van der Waals surface area (Å²) in [5, 5.41) is 0.550. The van der Waals surface area contributed by atoms with Crippen LogP contribution in [0.2, 0.25) is 10.0 Å². The topological polar surface area (TPSA) is 40.6 Å². The second kappa shape index (κ2) is 5.99.